The molecular formula is C12H17N3O3. The number of benzene rings is 1. The number of anilines is 2. The number of esters is 1. The summed E-state index contributed by atoms with van der Waals surface area (Å²) in [5, 5.41) is 0. The lowest BCUT2D eigenvalue weighted by Crippen LogP contribution is -2.33. The van der Waals surface area contributed by atoms with Crippen LogP contribution in [0.2, 0.25) is 0 Å². The molecule has 0 atom stereocenters. The van der Waals surface area contributed by atoms with Gasteiger partial charge in [-0.15, -0.1) is 0 Å². The quantitative estimate of drug-likeness (QED) is 0.599. The molecule has 0 heterocycles. The van der Waals surface area contributed by atoms with Crippen molar-refractivity contribution in [3.8, 4) is 0 Å². The van der Waals surface area contributed by atoms with Gasteiger partial charge < -0.3 is 21.1 Å². The fraction of sp³-hybridized carbons (Fsp3) is 0.333. The van der Waals surface area contributed by atoms with E-state index in [9.17, 15) is 9.59 Å². The van der Waals surface area contributed by atoms with Gasteiger partial charge in [-0.2, -0.15) is 0 Å². The van der Waals surface area contributed by atoms with Crippen molar-refractivity contribution in [2.45, 2.75) is 6.92 Å². The van der Waals surface area contributed by atoms with Crippen LogP contribution in [0.3, 0.4) is 0 Å². The van der Waals surface area contributed by atoms with E-state index in [2.05, 4.69) is 0 Å². The third kappa shape index (κ3) is 3.65. The van der Waals surface area contributed by atoms with E-state index in [1.54, 1.807) is 13.0 Å². The van der Waals surface area contributed by atoms with Crippen LogP contribution in [0.5, 0.6) is 0 Å². The van der Waals surface area contributed by atoms with Crippen LogP contribution in [0.4, 0.5) is 11.4 Å². The predicted molar refractivity (Wildman–Crippen MR) is 68.9 cm³/mol. The number of nitrogens with two attached hydrogens (primary N) is 2. The fourth-order valence-corrected chi connectivity index (χ4v) is 1.49. The number of amides is 1. The second-order valence-electron chi connectivity index (χ2n) is 3.85. The maximum Gasteiger partial charge on any atom is 0.325 e. The Balaban J connectivity index is 2.77. The first-order valence-corrected chi connectivity index (χ1v) is 5.51. The van der Waals surface area contributed by atoms with Crippen molar-refractivity contribution < 1.29 is 14.3 Å². The monoisotopic (exact) mass is 251 g/mol. The number of ether oxygens (including phenoxy) is 1. The molecule has 4 N–H and O–H groups in total. The molecule has 0 aliphatic carbocycles. The average Bonchev–Trinajstić information content (AvgIpc) is 2.26. The molecule has 0 aromatic heterocycles. The van der Waals surface area contributed by atoms with Crippen molar-refractivity contribution in [3.63, 3.8) is 0 Å². The van der Waals surface area contributed by atoms with Gasteiger partial charge in [-0.3, -0.25) is 9.59 Å². The van der Waals surface area contributed by atoms with Crippen LogP contribution in [-0.4, -0.2) is 37.0 Å². The molecule has 98 valence electrons. The summed E-state index contributed by atoms with van der Waals surface area (Å²) in [6.45, 7) is 1.88. The number of nitrogen functional groups attached to an aromatic ring is 2. The molecule has 0 saturated heterocycles. The highest BCUT2D eigenvalue weighted by molar-refractivity contribution is 5.97. The minimum Gasteiger partial charge on any atom is -0.465 e. The minimum absolute atomic E-state index is 0.110. The Bertz CT molecular complexity index is 440. The highest BCUT2D eigenvalue weighted by Crippen LogP contribution is 2.15. The third-order valence-corrected chi connectivity index (χ3v) is 2.24. The topological polar surface area (TPSA) is 98.6 Å². The van der Waals surface area contributed by atoms with Crippen molar-refractivity contribution in [3.05, 3.63) is 23.8 Å². The van der Waals surface area contributed by atoms with Gasteiger partial charge in [0.15, 0.2) is 0 Å². The molecule has 0 unspecified atom stereocenters. The van der Waals surface area contributed by atoms with Gasteiger partial charge in [0.2, 0.25) is 0 Å². The number of hydrogen-bond donors (Lipinski definition) is 2. The summed E-state index contributed by atoms with van der Waals surface area (Å²) in [5.74, 6) is -0.785. The van der Waals surface area contributed by atoms with Gasteiger partial charge >= 0.3 is 5.97 Å². The third-order valence-electron chi connectivity index (χ3n) is 2.24. The van der Waals surface area contributed by atoms with Gasteiger partial charge in [0.1, 0.15) is 6.54 Å². The van der Waals surface area contributed by atoms with E-state index < -0.39 is 5.97 Å². The fourth-order valence-electron chi connectivity index (χ4n) is 1.49. The van der Waals surface area contributed by atoms with E-state index in [-0.39, 0.29) is 19.1 Å². The molecule has 0 radical (unpaired) electrons. The normalized spacial score (nSPS) is 9.89. The first-order valence-electron chi connectivity index (χ1n) is 5.51. The maximum atomic E-state index is 12.0. The van der Waals surface area contributed by atoms with Crippen LogP contribution >= 0.6 is 0 Å². The van der Waals surface area contributed by atoms with Gasteiger partial charge in [-0.25, -0.2) is 0 Å². The van der Waals surface area contributed by atoms with E-state index >= 15 is 0 Å². The lowest BCUT2D eigenvalue weighted by Gasteiger charge is -2.16. The standard InChI is InChI=1S/C12H17N3O3/c1-3-18-11(16)7-15(2)12(17)8-4-9(13)6-10(14)5-8/h4-6H,3,7,13-14H2,1-2H3. The molecule has 0 spiro atoms. The molecule has 0 bridgehead atoms. The van der Waals surface area contributed by atoms with E-state index in [0.717, 1.165) is 0 Å². The molecule has 0 aliphatic rings. The van der Waals surface area contributed by atoms with Gasteiger partial charge in [0.05, 0.1) is 6.61 Å². The molecule has 0 saturated carbocycles. The Morgan fingerprint density at radius 2 is 1.78 bits per heavy atom. The highest BCUT2D eigenvalue weighted by Gasteiger charge is 2.16. The van der Waals surface area contributed by atoms with E-state index in [1.165, 1.54) is 24.1 Å². The van der Waals surface area contributed by atoms with Gasteiger partial charge in [-0.1, -0.05) is 0 Å². The van der Waals surface area contributed by atoms with Gasteiger partial charge in [-0.05, 0) is 25.1 Å². The van der Waals surface area contributed by atoms with Gasteiger partial charge in [0.25, 0.3) is 5.91 Å². The first kappa shape index (κ1) is 13.8. The minimum atomic E-state index is -0.453. The summed E-state index contributed by atoms with van der Waals surface area (Å²) < 4.78 is 4.76. The highest BCUT2D eigenvalue weighted by atomic mass is 16.5. The lowest BCUT2D eigenvalue weighted by atomic mass is 10.1. The zero-order valence-electron chi connectivity index (χ0n) is 10.5. The Hall–Kier alpha value is -2.24. The number of carbonyl (C=O) groups is 2. The Morgan fingerprint density at radius 3 is 2.28 bits per heavy atom. The molecule has 0 aliphatic heterocycles. The summed E-state index contributed by atoms with van der Waals surface area (Å²) in [4.78, 5) is 24.5. The Kier molecular flexibility index (Phi) is 4.53. The zero-order valence-corrected chi connectivity index (χ0v) is 10.5. The van der Waals surface area contributed by atoms with E-state index in [1.807, 2.05) is 0 Å². The largest absolute Gasteiger partial charge is 0.465 e. The first-order chi connectivity index (χ1) is 8.43. The summed E-state index contributed by atoms with van der Waals surface area (Å²) in [6, 6.07) is 4.59. The van der Waals surface area contributed by atoms with Gasteiger partial charge in [0, 0.05) is 24.0 Å². The molecule has 6 nitrogen and oxygen atoms in total. The maximum absolute atomic E-state index is 12.0. The predicted octanol–water partition coefficient (Wildman–Crippen LogP) is 0.486. The van der Waals surface area contributed by atoms with Crippen molar-refractivity contribution in [2.24, 2.45) is 0 Å². The van der Waals surface area contributed by atoms with Crippen LogP contribution in [0.25, 0.3) is 0 Å². The van der Waals surface area contributed by atoms with Crippen molar-refractivity contribution in [2.75, 3.05) is 31.7 Å². The second kappa shape index (κ2) is 5.90. The number of likely N-dealkylation sites (N-methyl/N-ethyl adjacent to an activating group) is 1. The SMILES string of the molecule is CCOC(=O)CN(C)C(=O)c1cc(N)cc(N)c1. The van der Waals surface area contributed by atoms with Crippen LogP contribution in [-0.2, 0) is 9.53 Å². The molecule has 1 aromatic rings. The van der Waals surface area contributed by atoms with Crippen LogP contribution in [0.15, 0.2) is 18.2 Å². The molecule has 1 rings (SSSR count). The molecule has 1 aromatic carbocycles. The number of carbonyl (C=O) groups excluding carboxylic acids is 2. The van der Waals surface area contributed by atoms with E-state index in [0.29, 0.717) is 16.9 Å². The van der Waals surface area contributed by atoms with Crippen molar-refractivity contribution in [1.82, 2.24) is 4.90 Å². The van der Waals surface area contributed by atoms with Crippen molar-refractivity contribution in [1.29, 1.82) is 0 Å². The average molecular weight is 251 g/mol. The van der Waals surface area contributed by atoms with Crippen molar-refractivity contribution >= 4 is 23.3 Å². The molecule has 18 heavy (non-hydrogen) atoms. The molecular weight excluding hydrogens is 234 g/mol. The molecule has 0 fully saturated rings. The summed E-state index contributed by atoms with van der Waals surface area (Å²) >= 11 is 0. The molecule has 6 heteroatoms. The lowest BCUT2D eigenvalue weighted by molar-refractivity contribution is -0.143. The smallest absolute Gasteiger partial charge is 0.325 e. The van der Waals surface area contributed by atoms with Crippen LogP contribution in [0, 0.1) is 0 Å². The van der Waals surface area contributed by atoms with Crippen LogP contribution in [0.1, 0.15) is 17.3 Å². The zero-order chi connectivity index (χ0) is 13.7. The van der Waals surface area contributed by atoms with Crippen LogP contribution < -0.4 is 11.5 Å². The second-order valence-corrected chi connectivity index (χ2v) is 3.85. The summed E-state index contributed by atoms with van der Waals surface area (Å²) in [5.41, 5.74) is 12.4. The Labute approximate surface area is 105 Å². The number of rotatable bonds is 4. The number of hydrogen-bond acceptors (Lipinski definition) is 5. The summed E-state index contributed by atoms with van der Waals surface area (Å²) in [7, 11) is 1.51. The Morgan fingerprint density at radius 1 is 1.22 bits per heavy atom. The van der Waals surface area contributed by atoms with E-state index in [4.69, 9.17) is 16.2 Å². The summed E-state index contributed by atoms with van der Waals surface area (Å²) in [6.07, 6.45) is 0. The number of nitrogens with zero attached hydrogens (tertiary/aromatic N) is 1. The molecule has 1 amide bonds.